The van der Waals surface area contributed by atoms with E-state index in [0.29, 0.717) is 39.3 Å². The summed E-state index contributed by atoms with van der Waals surface area (Å²) in [6, 6.07) is 14.6. The zero-order chi connectivity index (χ0) is 19.8. The number of allylic oxidation sites excluding steroid dienone is 1. The lowest BCUT2D eigenvalue weighted by molar-refractivity contribution is 0.354. The highest BCUT2D eigenvalue weighted by Crippen LogP contribution is 2.44. The van der Waals surface area contributed by atoms with Gasteiger partial charge in [-0.1, -0.05) is 18.2 Å². The molecule has 4 rings (SSSR count). The normalized spacial score (nSPS) is 15.5. The summed E-state index contributed by atoms with van der Waals surface area (Å²) < 4.78 is 16.4. The van der Waals surface area contributed by atoms with Crippen molar-refractivity contribution in [3.05, 3.63) is 75.4 Å². The number of aromatic amines is 1. The van der Waals surface area contributed by atoms with Crippen LogP contribution in [-0.4, -0.2) is 19.2 Å². The average molecular weight is 375 g/mol. The molecule has 7 nitrogen and oxygen atoms in total. The Balaban J connectivity index is 2.04. The Morgan fingerprint density at radius 1 is 1.14 bits per heavy atom. The second kappa shape index (κ2) is 6.67. The zero-order valence-corrected chi connectivity index (χ0v) is 15.3. The van der Waals surface area contributed by atoms with Crippen LogP contribution in [0, 0.1) is 11.3 Å². The molecule has 0 saturated heterocycles. The number of nitrogens with zero attached hydrogens (tertiary/aromatic N) is 1. The summed E-state index contributed by atoms with van der Waals surface area (Å²) >= 11 is 0. The van der Waals surface area contributed by atoms with Crippen molar-refractivity contribution in [3.63, 3.8) is 0 Å². The van der Waals surface area contributed by atoms with Crippen LogP contribution in [0.2, 0.25) is 0 Å². The van der Waals surface area contributed by atoms with Crippen molar-refractivity contribution in [1.82, 2.24) is 4.98 Å². The second-order valence-corrected chi connectivity index (χ2v) is 6.28. The maximum Gasteiger partial charge on any atom is 0.256 e. The summed E-state index contributed by atoms with van der Waals surface area (Å²) in [6.45, 7) is 0. The van der Waals surface area contributed by atoms with Crippen molar-refractivity contribution < 1.29 is 14.2 Å². The molecular formula is C21H17N3O4. The van der Waals surface area contributed by atoms with Crippen LogP contribution in [0.5, 0.6) is 17.2 Å². The highest BCUT2D eigenvalue weighted by Gasteiger charge is 2.34. The smallest absolute Gasteiger partial charge is 0.256 e. The summed E-state index contributed by atoms with van der Waals surface area (Å²) in [5.74, 6) is 0.672. The maximum absolute atomic E-state index is 12.9. The topological polar surface area (TPSA) is 110 Å². The molecule has 3 N–H and O–H groups in total. The van der Waals surface area contributed by atoms with E-state index < -0.39 is 5.92 Å². The third-order valence-electron chi connectivity index (χ3n) is 4.83. The summed E-state index contributed by atoms with van der Waals surface area (Å²) in [5.41, 5.74) is 7.52. The summed E-state index contributed by atoms with van der Waals surface area (Å²) in [7, 11) is 3.06. The Morgan fingerprint density at radius 2 is 1.89 bits per heavy atom. The van der Waals surface area contributed by atoms with Gasteiger partial charge in [-0.05, 0) is 29.8 Å². The number of para-hydroxylation sites is 1. The van der Waals surface area contributed by atoms with Gasteiger partial charge in [0.15, 0.2) is 11.5 Å². The maximum atomic E-state index is 12.9. The van der Waals surface area contributed by atoms with Crippen LogP contribution in [0.15, 0.2) is 58.7 Å². The molecule has 28 heavy (non-hydrogen) atoms. The molecular weight excluding hydrogens is 358 g/mol. The first kappa shape index (κ1) is 17.5. The van der Waals surface area contributed by atoms with Gasteiger partial charge in [0.2, 0.25) is 5.88 Å². The van der Waals surface area contributed by atoms with Gasteiger partial charge in [-0.25, -0.2) is 0 Å². The monoisotopic (exact) mass is 375 g/mol. The molecule has 0 saturated carbocycles. The number of benzene rings is 2. The van der Waals surface area contributed by atoms with Crippen molar-refractivity contribution in [1.29, 1.82) is 5.26 Å². The van der Waals surface area contributed by atoms with Gasteiger partial charge in [0.05, 0.1) is 31.2 Å². The van der Waals surface area contributed by atoms with Crippen molar-refractivity contribution in [2.24, 2.45) is 5.73 Å². The van der Waals surface area contributed by atoms with E-state index in [1.807, 2.05) is 18.2 Å². The number of pyridine rings is 1. The lowest BCUT2D eigenvalue weighted by Gasteiger charge is -2.27. The predicted octanol–water partition coefficient (Wildman–Crippen LogP) is 2.76. The number of nitrogens with two attached hydrogens (primary N) is 1. The molecule has 0 bridgehead atoms. The number of ether oxygens (including phenoxy) is 3. The standard InChI is InChI=1S/C21H17N3O4/c1-26-15-8-7-11(9-16(15)27-2)17-13(10-22)20(23)28-19-12-5-3-4-6-14(12)24-21(25)18(17)19/h3-9,17H,23H2,1-2H3,(H,24,25)/t17-/m0/s1. The molecule has 0 fully saturated rings. The van der Waals surface area contributed by atoms with Crippen LogP contribution in [0.3, 0.4) is 0 Å². The molecule has 1 aliphatic heterocycles. The van der Waals surface area contributed by atoms with E-state index in [2.05, 4.69) is 11.1 Å². The number of H-pyrrole nitrogens is 1. The first-order valence-corrected chi connectivity index (χ1v) is 8.53. The first-order chi connectivity index (χ1) is 13.6. The average Bonchev–Trinajstić information content (AvgIpc) is 2.72. The molecule has 2 heterocycles. The minimum absolute atomic E-state index is 0.0227. The SMILES string of the molecule is COc1ccc([C@H]2C(C#N)=C(N)Oc3c2c(=O)[nH]c2ccccc32)cc1OC. The third-order valence-corrected chi connectivity index (χ3v) is 4.83. The van der Waals surface area contributed by atoms with Crippen molar-refractivity contribution in [3.8, 4) is 23.3 Å². The number of nitriles is 1. The van der Waals surface area contributed by atoms with Crippen LogP contribution in [0.1, 0.15) is 17.0 Å². The number of hydrogen-bond donors (Lipinski definition) is 2. The molecule has 1 aliphatic rings. The molecule has 1 aromatic heterocycles. The first-order valence-electron chi connectivity index (χ1n) is 8.53. The van der Waals surface area contributed by atoms with Gasteiger partial charge in [0.1, 0.15) is 17.4 Å². The van der Waals surface area contributed by atoms with Gasteiger partial charge in [-0.2, -0.15) is 5.26 Å². The Labute approximate surface area is 160 Å². The number of methoxy groups -OCH3 is 2. The van der Waals surface area contributed by atoms with Gasteiger partial charge in [0, 0.05) is 5.39 Å². The van der Waals surface area contributed by atoms with E-state index in [9.17, 15) is 10.1 Å². The van der Waals surface area contributed by atoms with Gasteiger partial charge in [-0.3, -0.25) is 4.79 Å². The summed E-state index contributed by atoms with van der Waals surface area (Å²) in [4.78, 5) is 15.8. The van der Waals surface area contributed by atoms with Crippen molar-refractivity contribution in [2.45, 2.75) is 5.92 Å². The summed E-state index contributed by atoms with van der Waals surface area (Å²) in [6.07, 6.45) is 0. The van der Waals surface area contributed by atoms with Gasteiger partial charge in [-0.15, -0.1) is 0 Å². The van der Waals surface area contributed by atoms with E-state index in [-0.39, 0.29) is 17.0 Å². The highest BCUT2D eigenvalue weighted by atomic mass is 16.5. The lowest BCUT2D eigenvalue weighted by atomic mass is 9.83. The number of hydrogen-bond acceptors (Lipinski definition) is 6. The second-order valence-electron chi connectivity index (χ2n) is 6.28. The van der Waals surface area contributed by atoms with Crippen LogP contribution in [0.25, 0.3) is 10.9 Å². The molecule has 7 heteroatoms. The Morgan fingerprint density at radius 3 is 2.61 bits per heavy atom. The molecule has 140 valence electrons. The number of nitrogens with one attached hydrogen (secondary N) is 1. The quantitative estimate of drug-likeness (QED) is 0.728. The molecule has 0 aliphatic carbocycles. The van der Waals surface area contributed by atoms with Gasteiger partial charge >= 0.3 is 0 Å². The Kier molecular flexibility index (Phi) is 4.17. The molecule has 0 unspecified atom stereocenters. The van der Waals surface area contributed by atoms with Crippen molar-refractivity contribution >= 4 is 10.9 Å². The minimum atomic E-state index is -0.693. The largest absolute Gasteiger partial charge is 0.493 e. The number of fused-ring (bicyclic) bond motifs is 3. The van der Waals surface area contributed by atoms with E-state index in [4.69, 9.17) is 19.9 Å². The van der Waals surface area contributed by atoms with E-state index in [1.165, 1.54) is 14.2 Å². The van der Waals surface area contributed by atoms with Crippen molar-refractivity contribution in [2.75, 3.05) is 14.2 Å². The van der Waals surface area contributed by atoms with E-state index >= 15 is 0 Å². The molecule has 0 spiro atoms. The van der Waals surface area contributed by atoms with Gasteiger partial charge in [0.25, 0.3) is 5.56 Å². The number of rotatable bonds is 3. The zero-order valence-electron chi connectivity index (χ0n) is 15.3. The van der Waals surface area contributed by atoms with Crippen LogP contribution >= 0.6 is 0 Å². The van der Waals surface area contributed by atoms with Gasteiger partial charge < -0.3 is 24.9 Å². The minimum Gasteiger partial charge on any atom is -0.493 e. The molecule has 2 aromatic carbocycles. The molecule has 0 radical (unpaired) electrons. The molecule has 1 atom stereocenters. The Bertz CT molecular complexity index is 1220. The highest BCUT2D eigenvalue weighted by molar-refractivity contribution is 5.87. The third kappa shape index (κ3) is 2.55. The summed E-state index contributed by atoms with van der Waals surface area (Å²) in [5, 5.41) is 10.4. The van der Waals surface area contributed by atoms with Crippen LogP contribution < -0.4 is 25.5 Å². The Hall–Kier alpha value is -3.92. The molecule has 3 aromatic rings. The van der Waals surface area contributed by atoms with Crippen LogP contribution in [-0.2, 0) is 0 Å². The lowest BCUT2D eigenvalue weighted by Crippen LogP contribution is -2.27. The fraction of sp³-hybridized carbons (Fsp3) is 0.143. The van der Waals surface area contributed by atoms with E-state index in [0.717, 1.165) is 0 Å². The predicted molar refractivity (Wildman–Crippen MR) is 103 cm³/mol. The number of aromatic nitrogens is 1. The van der Waals surface area contributed by atoms with E-state index in [1.54, 1.807) is 24.3 Å². The molecule has 0 amide bonds. The fourth-order valence-corrected chi connectivity index (χ4v) is 3.54. The van der Waals surface area contributed by atoms with Crippen LogP contribution in [0.4, 0.5) is 0 Å². The fourth-order valence-electron chi connectivity index (χ4n) is 3.54.